The van der Waals surface area contributed by atoms with Crippen LogP contribution in [0.3, 0.4) is 0 Å². The summed E-state index contributed by atoms with van der Waals surface area (Å²) in [7, 11) is 1.86. The SMILES string of the molecule is Cc1cccc(-c2nnc3n2CC(c2nc(-c4ccnn4C)no2)CC3)c1. The standard InChI is InChI=1S/C19H19N7O/c1-12-4-3-5-13(10-12)18-23-22-16-7-6-14(11-26(16)18)19-21-17(24-27-19)15-8-9-20-25(15)2/h3-5,8-10,14H,6-7,11H2,1-2H3. The van der Waals surface area contributed by atoms with Crippen molar-refractivity contribution in [1.29, 1.82) is 0 Å². The number of aromatic nitrogens is 7. The van der Waals surface area contributed by atoms with Crippen LogP contribution in [0.15, 0.2) is 41.1 Å². The second-order valence-corrected chi connectivity index (χ2v) is 6.95. The molecule has 0 amide bonds. The van der Waals surface area contributed by atoms with Gasteiger partial charge in [0.25, 0.3) is 0 Å². The number of hydrogen-bond acceptors (Lipinski definition) is 6. The molecule has 8 heteroatoms. The van der Waals surface area contributed by atoms with Gasteiger partial charge in [-0.1, -0.05) is 28.9 Å². The molecule has 1 aromatic carbocycles. The largest absolute Gasteiger partial charge is 0.339 e. The van der Waals surface area contributed by atoms with Crippen molar-refractivity contribution in [3.05, 3.63) is 53.8 Å². The van der Waals surface area contributed by atoms with E-state index in [1.807, 2.05) is 19.2 Å². The van der Waals surface area contributed by atoms with Crippen molar-refractivity contribution < 1.29 is 4.52 Å². The second-order valence-electron chi connectivity index (χ2n) is 6.95. The van der Waals surface area contributed by atoms with Gasteiger partial charge in [0.1, 0.15) is 11.5 Å². The molecule has 1 aliphatic heterocycles. The highest BCUT2D eigenvalue weighted by atomic mass is 16.5. The third-order valence-corrected chi connectivity index (χ3v) is 5.06. The second kappa shape index (κ2) is 6.15. The molecule has 5 rings (SSSR count). The number of benzene rings is 1. The topological polar surface area (TPSA) is 87.5 Å². The van der Waals surface area contributed by atoms with Gasteiger partial charge in [0.2, 0.25) is 11.7 Å². The molecule has 0 fully saturated rings. The van der Waals surface area contributed by atoms with Gasteiger partial charge in [-0.3, -0.25) is 4.68 Å². The summed E-state index contributed by atoms with van der Waals surface area (Å²) < 4.78 is 9.50. The van der Waals surface area contributed by atoms with Crippen LogP contribution in [0, 0.1) is 6.92 Å². The zero-order valence-electron chi connectivity index (χ0n) is 15.2. The molecule has 0 spiro atoms. The van der Waals surface area contributed by atoms with E-state index < -0.39 is 0 Å². The predicted octanol–water partition coefficient (Wildman–Crippen LogP) is 2.77. The normalized spacial score (nSPS) is 16.4. The lowest BCUT2D eigenvalue weighted by atomic mass is 9.99. The van der Waals surface area contributed by atoms with Crippen molar-refractivity contribution in [3.63, 3.8) is 0 Å². The van der Waals surface area contributed by atoms with Crippen LogP contribution in [0.4, 0.5) is 0 Å². The van der Waals surface area contributed by atoms with E-state index in [0.29, 0.717) is 11.7 Å². The van der Waals surface area contributed by atoms with Crippen molar-refractivity contribution in [3.8, 4) is 22.9 Å². The molecule has 1 atom stereocenters. The van der Waals surface area contributed by atoms with Crippen molar-refractivity contribution >= 4 is 0 Å². The number of nitrogens with zero attached hydrogens (tertiary/aromatic N) is 7. The minimum Gasteiger partial charge on any atom is -0.339 e. The monoisotopic (exact) mass is 361 g/mol. The maximum Gasteiger partial charge on any atom is 0.231 e. The van der Waals surface area contributed by atoms with Gasteiger partial charge in [-0.15, -0.1) is 10.2 Å². The molecule has 0 N–H and O–H groups in total. The zero-order chi connectivity index (χ0) is 18.4. The molecule has 8 nitrogen and oxygen atoms in total. The Labute approximate surface area is 155 Å². The summed E-state index contributed by atoms with van der Waals surface area (Å²) in [5.41, 5.74) is 3.12. The Hall–Kier alpha value is -3.29. The van der Waals surface area contributed by atoms with E-state index in [-0.39, 0.29) is 5.92 Å². The summed E-state index contributed by atoms with van der Waals surface area (Å²) in [6.07, 6.45) is 3.48. The number of aryl methyl sites for hydroxylation is 3. The lowest BCUT2D eigenvalue weighted by Crippen LogP contribution is -2.20. The van der Waals surface area contributed by atoms with Crippen molar-refractivity contribution in [2.45, 2.75) is 32.2 Å². The molecule has 0 saturated carbocycles. The smallest absolute Gasteiger partial charge is 0.231 e. The minimum atomic E-state index is 0.145. The average Bonchev–Trinajstić information content (AvgIpc) is 3.40. The van der Waals surface area contributed by atoms with Gasteiger partial charge >= 0.3 is 0 Å². The number of hydrogen-bond donors (Lipinski definition) is 0. The lowest BCUT2D eigenvalue weighted by molar-refractivity contribution is 0.317. The Balaban J connectivity index is 1.46. The molecule has 0 radical (unpaired) electrons. The number of fused-ring (bicyclic) bond motifs is 1. The Morgan fingerprint density at radius 2 is 2.11 bits per heavy atom. The third-order valence-electron chi connectivity index (χ3n) is 5.06. The van der Waals surface area contributed by atoms with E-state index in [1.165, 1.54) is 5.56 Å². The van der Waals surface area contributed by atoms with Gasteiger partial charge in [-0.25, -0.2) is 0 Å². The van der Waals surface area contributed by atoms with Gasteiger partial charge in [-0.2, -0.15) is 10.1 Å². The fourth-order valence-electron chi connectivity index (χ4n) is 3.62. The Bertz CT molecular complexity index is 1110. The summed E-state index contributed by atoms with van der Waals surface area (Å²) in [6, 6.07) is 10.2. The molecule has 0 saturated heterocycles. The first-order valence-corrected chi connectivity index (χ1v) is 9.00. The Morgan fingerprint density at radius 3 is 2.93 bits per heavy atom. The molecular formula is C19H19N7O. The summed E-state index contributed by atoms with van der Waals surface area (Å²) >= 11 is 0. The molecule has 4 aromatic rings. The Kier molecular flexibility index (Phi) is 3.63. The quantitative estimate of drug-likeness (QED) is 0.558. The first-order valence-electron chi connectivity index (χ1n) is 9.00. The average molecular weight is 361 g/mol. The highest BCUT2D eigenvalue weighted by molar-refractivity contribution is 5.56. The van der Waals surface area contributed by atoms with Gasteiger partial charge < -0.3 is 9.09 Å². The lowest BCUT2D eigenvalue weighted by Gasteiger charge is -2.21. The molecule has 0 bridgehead atoms. The molecule has 0 aliphatic carbocycles. The van der Waals surface area contributed by atoms with Crippen LogP contribution in [0.1, 0.15) is 29.6 Å². The minimum absolute atomic E-state index is 0.145. The van der Waals surface area contributed by atoms with Crippen LogP contribution in [-0.2, 0) is 20.0 Å². The highest BCUT2D eigenvalue weighted by Crippen LogP contribution is 2.31. The van der Waals surface area contributed by atoms with Crippen LogP contribution >= 0.6 is 0 Å². The van der Waals surface area contributed by atoms with Crippen molar-refractivity contribution in [2.75, 3.05) is 0 Å². The van der Waals surface area contributed by atoms with E-state index in [2.05, 4.69) is 55.1 Å². The van der Waals surface area contributed by atoms with Gasteiger partial charge in [0.05, 0.1) is 5.92 Å². The maximum atomic E-state index is 5.58. The van der Waals surface area contributed by atoms with Crippen LogP contribution < -0.4 is 0 Å². The van der Waals surface area contributed by atoms with Gasteiger partial charge in [-0.05, 0) is 25.5 Å². The van der Waals surface area contributed by atoms with E-state index in [0.717, 1.165) is 42.3 Å². The molecule has 1 aliphatic rings. The van der Waals surface area contributed by atoms with Gasteiger partial charge in [0, 0.05) is 31.8 Å². The van der Waals surface area contributed by atoms with Crippen LogP contribution in [0.5, 0.6) is 0 Å². The summed E-state index contributed by atoms with van der Waals surface area (Å²) in [5.74, 6) is 3.27. The molecule has 136 valence electrons. The third kappa shape index (κ3) is 2.73. The maximum absolute atomic E-state index is 5.58. The van der Waals surface area contributed by atoms with E-state index in [1.54, 1.807) is 10.9 Å². The van der Waals surface area contributed by atoms with Crippen LogP contribution in [0.25, 0.3) is 22.9 Å². The predicted molar refractivity (Wildman–Crippen MR) is 97.8 cm³/mol. The molecule has 27 heavy (non-hydrogen) atoms. The van der Waals surface area contributed by atoms with Crippen molar-refractivity contribution in [2.24, 2.45) is 7.05 Å². The molecule has 3 aromatic heterocycles. The molecular weight excluding hydrogens is 342 g/mol. The van der Waals surface area contributed by atoms with E-state index in [4.69, 9.17) is 4.52 Å². The highest BCUT2D eigenvalue weighted by Gasteiger charge is 2.28. The summed E-state index contributed by atoms with van der Waals surface area (Å²) in [6.45, 7) is 2.82. The van der Waals surface area contributed by atoms with Crippen molar-refractivity contribution in [1.82, 2.24) is 34.7 Å². The fraction of sp³-hybridized carbons (Fsp3) is 0.316. The molecule has 4 heterocycles. The number of rotatable bonds is 3. The van der Waals surface area contributed by atoms with Crippen LogP contribution in [0.2, 0.25) is 0 Å². The summed E-state index contributed by atoms with van der Waals surface area (Å²) in [5, 5.41) is 17.1. The summed E-state index contributed by atoms with van der Waals surface area (Å²) in [4.78, 5) is 4.62. The van der Waals surface area contributed by atoms with Gasteiger partial charge in [0.15, 0.2) is 5.82 Å². The van der Waals surface area contributed by atoms with Crippen LogP contribution in [-0.4, -0.2) is 34.7 Å². The molecule has 1 unspecified atom stereocenters. The first-order chi connectivity index (χ1) is 13.2. The fourth-order valence-corrected chi connectivity index (χ4v) is 3.62. The van der Waals surface area contributed by atoms with E-state index >= 15 is 0 Å². The van der Waals surface area contributed by atoms with E-state index in [9.17, 15) is 0 Å². The first kappa shape index (κ1) is 15.9. The Morgan fingerprint density at radius 1 is 1.19 bits per heavy atom. The zero-order valence-corrected chi connectivity index (χ0v) is 15.2.